The highest BCUT2D eigenvalue weighted by Crippen LogP contribution is 2.38. The molecule has 144 valence electrons. The molecule has 1 aromatic carbocycles. The maximum Gasteiger partial charge on any atom is 0.243 e. The van der Waals surface area contributed by atoms with E-state index >= 15 is 0 Å². The zero-order valence-corrected chi connectivity index (χ0v) is 16.1. The van der Waals surface area contributed by atoms with E-state index in [0.717, 1.165) is 5.56 Å². The average Bonchev–Trinajstić information content (AvgIpc) is 2.86. The van der Waals surface area contributed by atoms with Gasteiger partial charge in [0.25, 0.3) is 0 Å². The molecule has 3 aliphatic rings. The van der Waals surface area contributed by atoms with Crippen LogP contribution in [0.3, 0.4) is 0 Å². The van der Waals surface area contributed by atoms with Crippen LogP contribution in [0.2, 0.25) is 0 Å². The number of benzene rings is 1. The minimum Gasteiger partial charge on any atom is -0.496 e. The normalized spacial score (nSPS) is 26.2. The molecule has 2 atom stereocenters. The predicted octanol–water partition coefficient (Wildman–Crippen LogP) is 1.33. The molecule has 0 radical (unpaired) electrons. The predicted molar refractivity (Wildman–Crippen MR) is 97.5 cm³/mol. The smallest absolute Gasteiger partial charge is 0.243 e. The third-order valence-electron chi connectivity index (χ3n) is 5.74. The SMILES string of the molecule is COc1ccc(S(=O)(=O)N2CC(N3C(=O)C4CC=CCC4C3=O)C2)cc1C. The number of allylic oxidation sites excluding steroid dienone is 2. The molecule has 2 amide bonds. The highest BCUT2D eigenvalue weighted by Gasteiger charge is 2.53. The molecule has 2 aliphatic heterocycles. The topological polar surface area (TPSA) is 84.0 Å². The summed E-state index contributed by atoms with van der Waals surface area (Å²) in [5.41, 5.74) is 0.733. The number of sulfonamides is 1. The zero-order valence-electron chi connectivity index (χ0n) is 15.3. The van der Waals surface area contributed by atoms with E-state index in [4.69, 9.17) is 4.74 Å². The molecule has 0 saturated carbocycles. The summed E-state index contributed by atoms with van der Waals surface area (Å²) in [5.74, 6) is -0.247. The number of ether oxygens (including phenoxy) is 1. The van der Waals surface area contributed by atoms with Crippen LogP contribution in [0, 0.1) is 18.8 Å². The van der Waals surface area contributed by atoms with Crippen LogP contribution in [0.15, 0.2) is 35.2 Å². The maximum absolute atomic E-state index is 12.8. The van der Waals surface area contributed by atoms with Gasteiger partial charge in [-0.15, -0.1) is 0 Å². The molecular weight excluding hydrogens is 368 g/mol. The van der Waals surface area contributed by atoms with Crippen molar-refractivity contribution in [3.63, 3.8) is 0 Å². The van der Waals surface area contributed by atoms with Crippen LogP contribution in [0.1, 0.15) is 18.4 Å². The lowest BCUT2D eigenvalue weighted by Crippen LogP contribution is -2.62. The summed E-state index contributed by atoms with van der Waals surface area (Å²) in [6.07, 6.45) is 5.07. The number of nitrogens with zero attached hydrogens (tertiary/aromatic N) is 2. The Kier molecular flexibility index (Phi) is 4.35. The van der Waals surface area contributed by atoms with E-state index in [2.05, 4.69) is 0 Å². The van der Waals surface area contributed by atoms with Crippen LogP contribution in [0.25, 0.3) is 0 Å². The molecule has 2 heterocycles. The van der Waals surface area contributed by atoms with E-state index in [9.17, 15) is 18.0 Å². The number of fused-ring (bicyclic) bond motifs is 1. The fourth-order valence-electron chi connectivity index (χ4n) is 4.12. The maximum atomic E-state index is 12.8. The van der Waals surface area contributed by atoms with Gasteiger partial charge in [0.15, 0.2) is 0 Å². The van der Waals surface area contributed by atoms with E-state index in [0.29, 0.717) is 18.6 Å². The largest absolute Gasteiger partial charge is 0.496 e. The molecule has 2 fully saturated rings. The molecule has 7 nitrogen and oxygen atoms in total. The van der Waals surface area contributed by atoms with Gasteiger partial charge >= 0.3 is 0 Å². The van der Waals surface area contributed by atoms with Gasteiger partial charge in [0.2, 0.25) is 21.8 Å². The zero-order chi connectivity index (χ0) is 19.3. The van der Waals surface area contributed by atoms with E-state index in [1.165, 1.54) is 22.4 Å². The van der Waals surface area contributed by atoms with Gasteiger partial charge in [0.05, 0.1) is 29.9 Å². The van der Waals surface area contributed by atoms with Gasteiger partial charge in [-0.25, -0.2) is 8.42 Å². The summed E-state index contributed by atoms with van der Waals surface area (Å²) in [6.45, 7) is 2.09. The van der Waals surface area contributed by atoms with E-state index in [1.807, 2.05) is 12.2 Å². The number of rotatable bonds is 4. The molecule has 2 unspecified atom stereocenters. The molecular formula is C19H22N2O5S. The van der Waals surface area contributed by atoms with Crippen molar-refractivity contribution < 1.29 is 22.7 Å². The van der Waals surface area contributed by atoms with Crippen LogP contribution >= 0.6 is 0 Å². The molecule has 1 aliphatic carbocycles. The lowest BCUT2D eigenvalue weighted by molar-refractivity contribution is -0.145. The second-order valence-electron chi connectivity index (χ2n) is 7.31. The Hall–Kier alpha value is -2.19. The van der Waals surface area contributed by atoms with E-state index < -0.39 is 10.0 Å². The minimum absolute atomic E-state index is 0.151. The fraction of sp³-hybridized carbons (Fsp3) is 0.474. The number of likely N-dealkylation sites (tertiary alicyclic amines) is 1. The van der Waals surface area contributed by atoms with Gasteiger partial charge in [-0.2, -0.15) is 4.31 Å². The third kappa shape index (κ3) is 2.78. The molecule has 4 rings (SSSR count). The van der Waals surface area contributed by atoms with Crippen molar-refractivity contribution >= 4 is 21.8 Å². The Balaban J connectivity index is 1.48. The number of aryl methyl sites for hydroxylation is 1. The van der Waals surface area contributed by atoms with Crippen LogP contribution in [-0.4, -0.2) is 55.7 Å². The Morgan fingerprint density at radius 1 is 1.04 bits per heavy atom. The van der Waals surface area contributed by atoms with Gasteiger partial charge in [0, 0.05) is 13.1 Å². The second kappa shape index (κ2) is 6.45. The van der Waals surface area contributed by atoms with Gasteiger partial charge in [-0.1, -0.05) is 12.2 Å². The van der Waals surface area contributed by atoms with Crippen molar-refractivity contribution in [3.8, 4) is 5.75 Å². The monoisotopic (exact) mass is 390 g/mol. The van der Waals surface area contributed by atoms with Crippen molar-refractivity contribution in [1.82, 2.24) is 9.21 Å². The molecule has 8 heteroatoms. The quantitative estimate of drug-likeness (QED) is 0.572. The Morgan fingerprint density at radius 3 is 2.15 bits per heavy atom. The summed E-state index contributed by atoms with van der Waals surface area (Å²) in [6, 6.07) is 4.35. The number of amides is 2. The summed E-state index contributed by atoms with van der Waals surface area (Å²) >= 11 is 0. The number of hydrogen-bond donors (Lipinski definition) is 0. The first-order chi connectivity index (χ1) is 12.8. The molecule has 0 spiro atoms. The average molecular weight is 390 g/mol. The molecule has 0 N–H and O–H groups in total. The van der Waals surface area contributed by atoms with E-state index in [1.54, 1.807) is 19.1 Å². The van der Waals surface area contributed by atoms with Crippen molar-refractivity contribution in [2.24, 2.45) is 11.8 Å². The Bertz CT molecular complexity index is 907. The van der Waals surface area contributed by atoms with E-state index in [-0.39, 0.29) is 47.7 Å². The summed E-state index contributed by atoms with van der Waals surface area (Å²) < 4.78 is 32.1. The van der Waals surface area contributed by atoms with Crippen molar-refractivity contribution in [1.29, 1.82) is 0 Å². The minimum atomic E-state index is -3.66. The lowest BCUT2D eigenvalue weighted by Gasteiger charge is -2.42. The Morgan fingerprint density at radius 2 is 1.63 bits per heavy atom. The number of carbonyl (C=O) groups is 2. The first-order valence-electron chi connectivity index (χ1n) is 9.01. The van der Waals surface area contributed by atoms with Crippen molar-refractivity contribution in [2.45, 2.75) is 30.7 Å². The highest BCUT2D eigenvalue weighted by molar-refractivity contribution is 7.89. The van der Waals surface area contributed by atoms with Crippen LogP contribution in [0.5, 0.6) is 5.75 Å². The number of carbonyl (C=O) groups excluding carboxylic acids is 2. The Labute approximate surface area is 158 Å². The van der Waals surface area contributed by atoms with Crippen molar-refractivity contribution in [2.75, 3.05) is 20.2 Å². The summed E-state index contributed by atoms with van der Waals surface area (Å²) in [7, 11) is -2.12. The lowest BCUT2D eigenvalue weighted by atomic mass is 9.85. The van der Waals surface area contributed by atoms with Gasteiger partial charge in [-0.3, -0.25) is 14.5 Å². The first-order valence-corrected chi connectivity index (χ1v) is 10.5. The fourth-order valence-corrected chi connectivity index (χ4v) is 5.72. The molecule has 0 bridgehead atoms. The standard InChI is InChI=1S/C19H22N2O5S/c1-12-9-14(7-8-17(12)26-2)27(24,25)20-10-13(11-20)21-18(22)15-5-3-4-6-16(15)19(21)23/h3-4,7-9,13,15-16H,5-6,10-11H2,1-2H3. The van der Waals surface area contributed by atoms with Crippen LogP contribution in [0.4, 0.5) is 0 Å². The molecule has 0 aromatic heterocycles. The van der Waals surface area contributed by atoms with Gasteiger partial charge in [-0.05, 0) is 43.5 Å². The highest BCUT2D eigenvalue weighted by atomic mass is 32.2. The van der Waals surface area contributed by atoms with Crippen LogP contribution < -0.4 is 4.74 Å². The number of methoxy groups -OCH3 is 1. The molecule has 2 saturated heterocycles. The second-order valence-corrected chi connectivity index (χ2v) is 9.25. The van der Waals surface area contributed by atoms with Crippen molar-refractivity contribution in [3.05, 3.63) is 35.9 Å². The number of hydrogen-bond acceptors (Lipinski definition) is 5. The number of imide groups is 1. The third-order valence-corrected chi connectivity index (χ3v) is 7.57. The summed E-state index contributed by atoms with van der Waals surface area (Å²) in [5, 5.41) is 0. The molecule has 1 aromatic rings. The van der Waals surface area contributed by atoms with Crippen LogP contribution in [-0.2, 0) is 19.6 Å². The van der Waals surface area contributed by atoms with Gasteiger partial charge in [0.1, 0.15) is 5.75 Å². The summed E-state index contributed by atoms with van der Waals surface area (Å²) in [4.78, 5) is 26.7. The first kappa shape index (κ1) is 18.2. The molecule has 27 heavy (non-hydrogen) atoms. The van der Waals surface area contributed by atoms with Gasteiger partial charge < -0.3 is 4.74 Å².